The third kappa shape index (κ3) is 4.34. The summed E-state index contributed by atoms with van der Waals surface area (Å²) in [5.41, 5.74) is 1.32. The van der Waals surface area contributed by atoms with Crippen LogP contribution in [-0.2, 0) is 16.4 Å². The third-order valence-electron chi connectivity index (χ3n) is 3.89. The van der Waals surface area contributed by atoms with E-state index >= 15 is 0 Å². The second-order valence-corrected chi connectivity index (χ2v) is 7.87. The van der Waals surface area contributed by atoms with Crippen molar-refractivity contribution < 1.29 is 13.2 Å². The fourth-order valence-electron chi connectivity index (χ4n) is 2.53. The van der Waals surface area contributed by atoms with Crippen LogP contribution < -0.4 is 5.32 Å². The van der Waals surface area contributed by atoms with E-state index in [4.69, 9.17) is 0 Å². The molecule has 3 rings (SSSR count). The van der Waals surface area contributed by atoms with Gasteiger partial charge < -0.3 is 5.32 Å². The van der Waals surface area contributed by atoms with E-state index < -0.39 is 9.84 Å². The molecule has 3 aromatic rings. The van der Waals surface area contributed by atoms with Crippen molar-refractivity contribution in [1.29, 1.82) is 0 Å². The lowest BCUT2D eigenvalue weighted by atomic mass is 10.1. The molecule has 1 atom stereocenters. The van der Waals surface area contributed by atoms with E-state index in [9.17, 15) is 13.2 Å². The van der Waals surface area contributed by atoms with Crippen LogP contribution in [0.25, 0.3) is 0 Å². The maximum absolute atomic E-state index is 12.6. The molecule has 8 heteroatoms. The maximum atomic E-state index is 12.6. The Morgan fingerprint density at radius 1 is 1.12 bits per heavy atom. The molecular weight excluding hydrogens is 352 g/mol. The van der Waals surface area contributed by atoms with E-state index in [0.29, 0.717) is 12.1 Å². The highest BCUT2D eigenvalue weighted by Gasteiger charge is 2.17. The Labute approximate surface area is 151 Å². The second-order valence-electron chi connectivity index (χ2n) is 5.85. The number of hydrogen-bond acceptors (Lipinski definition) is 5. The number of hydrogen-bond donors (Lipinski definition) is 1. The summed E-state index contributed by atoms with van der Waals surface area (Å²) in [5.74, 6) is -0.293. The van der Waals surface area contributed by atoms with Crippen LogP contribution in [0.1, 0.15) is 22.0 Å². The van der Waals surface area contributed by atoms with Crippen molar-refractivity contribution in [3.63, 3.8) is 0 Å². The van der Waals surface area contributed by atoms with Crippen LogP contribution in [-0.4, -0.2) is 35.3 Å². The first kappa shape index (κ1) is 17.8. The quantitative estimate of drug-likeness (QED) is 0.715. The van der Waals surface area contributed by atoms with Crippen molar-refractivity contribution in [1.82, 2.24) is 20.1 Å². The van der Waals surface area contributed by atoms with Crippen LogP contribution in [0.15, 0.2) is 72.1 Å². The zero-order chi connectivity index (χ0) is 18.6. The molecule has 1 unspecified atom stereocenters. The smallest absolute Gasteiger partial charge is 0.251 e. The summed E-state index contributed by atoms with van der Waals surface area (Å²) >= 11 is 0. The normalized spacial score (nSPS) is 12.5. The van der Waals surface area contributed by atoms with Gasteiger partial charge in [0.05, 0.1) is 17.5 Å². The van der Waals surface area contributed by atoms with Gasteiger partial charge in [-0.25, -0.2) is 13.4 Å². The van der Waals surface area contributed by atoms with E-state index in [1.165, 1.54) is 30.6 Å². The van der Waals surface area contributed by atoms with Gasteiger partial charge in [0.2, 0.25) is 0 Å². The highest BCUT2D eigenvalue weighted by Crippen LogP contribution is 2.16. The Morgan fingerprint density at radius 3 is 2.38 bits per heavy atom. The second kappa shape index (κ2) is 7.49. The molecule has 0 radical (unpaired) electrons. The first-order valence-corrected chi connectivity index (χ1v) is 9.81. The van der Waals surface area contributed by atoms with Crippen LogP contribution >= 0.6 is 0 Å². The number of amides is 1. The Morgan fingerprint density at radius 2 is 1.81 bits per heavy atom. The van der Waals surface area contributed by atoms with Gasteiger partial charge in [-0.15, -0.1) is 0 Å². The topological polar surface area (TPSA) is 94.0 Å². The van der Waals surface area contributed by atoms with E-state index in [-0.39, 0.29) is 16.8 Å². The number of sulfone groups is 1. The molecule has 0 spiro atoms. The van der Waals surface area contributed by atoms with E-state index in [0.717, 1.165) is 11.8 Å². The molecule has 0 aliphatic heterocycles. The lowest BCUT2D eigenvalue weighted by Gasteiger charge is -2.19. The van der Waals surface area contributed by atoms with Crippen LogP contribution in [0, 0.1) is 0 Å². The van der Waals surface area contributed by atoms with Crippen molar-refractivity contribution in [2.45, 2.75) is 17.5 Å². The van der Waals surface area contributed by atoms with Gasteiger partial charge in [-0.05, 0) is 29.8 Å². The van der Waals surface area contributed by atoms with Gasteiger partial charge in [0.25, 0.3) is 5.91 Å². The summed E-state index contributed by atoms with van der Waals surface area (Å²) in [6, 6.07) is 15.1. The molecule has 0 fully saturated rings. The fourth-order valence-corrected chi connectivity index (χ4v) is 3.16. The van der Waals surface area contributed by atoms with Crippen LogP contribution in [0.2, 0.25) is 0 Å². The molecule has 26 heavy (non-hydrogen) atoms. The minimum Gasteiger partial charge on any atom is -0.343 e. The van der Waals surface area contributed by atoms with Gasteiger partial charge >= 0.3 is 0 Å². The first-order chi connectivity index (χ1) is 12.4. The molecule has 0 aliphatic rings. The SMILES string of the molecule is CS(=O)(=O)c1ccc(C(=O)NC(Cn2cncn2)c2ccccc2)cc1. The molecule has 0 aliphatic carbocycles. The fraction of sp³-hybridized carbons (Fsp3) is 0.167. The van der Waals surface area contributed by atoms with Gasteiger partial charge in [0, 0.05) is 11.8 Å². The highest BCUT2D eigenvalue weighted by molar-refractivity contribution is 7.90. The summed E-state index contributed by atoms with van der Waals surface area (Å²) in [4.78, 5) is 16.7. The molecule has 2 aromatic carbocycles. The number of carbonyl (C=O) groups excluding carboxylic acids is 1. The Hall–Kier alpha value is -3.00. The van der Waals surface area contributed by atoms with Crippen molar-refractivity contribution in [2.24, 2.45) is 0 Å². The molecule has 1 amide bonds. The van der Waals surface area contributed by atoms with E-state index in [1.807, 2.05) is 30.3 Å². The third-order valence-corrected chi connectivity index (χ3v) is 5.02. The molecule has 1 N–H and O–H groups in total. The van der Waals surface area contributed by atoms with Crippen molar-refractivity contribution in [2.75, 3.05) is 6.26 Å². The number of nitrogens with one attached hydrogen (secondary N) is 1. The van der Waals surface area contributed by atoms with Gasteiger partial charge in [-0.3, -0.25) is 9.48 Å². The Balaban J connectivity index is 1.81. The van der Waals surface area contributed by atoms with E-state index in [2.05, 4.69) is 15.4 Å². The van der Waals surface area contributed by atoms with Crippen molar-refractivity contribution in [3.8, 4) is 0 Å². The lowest BCUT2D eigenvalue weighted by Crippen LogP contribution is -2.31. The predicted molar refractivity (Wildman–Crippen MR) is 96.2 cm³/mol. The monoisotopic (exact) mass is 370 g/mol. The van der Waals surface area contributed by atoms with Gasteiger partial charge in [0.15, 0.2) is 9.84 Å². The average molecular weight is 370 g/mol. The molecule has 0 bridgehead atoms. The summed E-state index contributed by atoms with van der Waals surface area (Å²) in [6.07, 6.45) is 4.16. The predicted octanol–water partition coefficient (Wildman–Crippen LogP) is 1.85. The highest BCUT2D eigenvalue weighted by atomic mass is 32.2. The maximum Gasteiger partial charge on any atom is 0.251 e. The molecule has 1 heterocycles. The van der Waals surface area contributed by atoms with Gasteiger partial charge in [-0.2, -0.15) is 5.10 Å². The van der Waals surface area contributed by atoms with Gasteiger partial charge in [-0.1, -0.05) is 30.3 Å². The Kier molecular flexibility index (Phi) is 5.13. The minimum atomic E-state index is -3.30. The zero-order valence-electron chi connectivity index (χ0n) is 14.1. The summed E-state index contributed by atoms with van der Waals surface area (Å²) in [5, 5.41) is 7.06. The molecule has 0 saturated carbocycles. The molecule has 134 valence electrons. The largest absolute Gasteiger partial charge is 0.343 e. The van der Waals surface area contributed by atoms with Crippen molar-refractivity contribution in [3.05, 3.63) is 78.4 Å². The van der Waals surface area contributed by atoms with Crippen LogP contribution in [0.5, 0.6) is 0 Å². The molecular formula is C18H18N4O3S. The van der Waals surface area contributed by atoms with Crippen LogP contribution in [0.4, 0.5) is 0 Å². The Bertz CT molecular complexity index is 969. The standard InChI is InChI=1S/C18H18N4O3S/c1-26(24,25)16-9-7-15(8-10-16)18(23)21-17(11-22-13-19-12-20-22)14-5-3-2-4-6-14/h2-10,12-13,17H,11H2,1H3,(H,21,23). The molecule has 1 aromatic heterocycles. The number of nitrogens with zero attached hydrogens (tertiary/aromatic N) is 3. The summed E-state index contributed by atoms with van der Waals surface area (Å²) < 4.78 is 24.7. The number of benzene rings is 2. The molecule has 0 saturated heterocycles. The molecule has 7 nitrogen and oxygen atoms in total. The van der Waals surface area contributed by atoms with Gasteiger partial charge in [0.1, 0.15) is 12.7 Å². The number of carbonyl (C=O) groups is 1. The number of aromatic nitrogens is 3. The van der Waals surface area contributed by atoms with E-state index in [1.54, 1.807) is 11.0 Å². The minimum absolute atomic E-state index is 0.177. The lowest BCUT2D eigenvalue weighted by molar-refractivity contribution is 0.0931. The zero-order valence-corrected chi connectivity index (χ0v) is 14.9. The average Bonchev–Trinajstić information content (AvgIpc) is 3.14. The van der Waals surface area contributed by atoms with Crippen LogP contribution in [0.3, 0.4) is 0 Å². The summed E-state index contributed by atoms with van der Waals surface area (Å²) in [7, 11) is -3.30. The van der Waals surface area contributed by atoms with Crippen molar-refractivity contribution >= 4 is 15.7 Å². The summed E-state index contributed by atoms with van der Waals surface area (Å²) in [6.45, 7) is 0.428. The first-order valence-electron chi connectivity index (χ1n) is 7.92. The number of rotatable bonds is 6.